The third kappa shape index (κ3) is 7.07. The molecule has 188 valence electrons. The number of rotatable bonds is 12. The summed E-state index contributed by atoms with van der Waals surface area (Å²) >= 11 is 0. The fourth-order valence-electron chi connectivity index (χ4n) is 4.69. The lowest BCUT2D eigenvalue weighted by atomic mass is 9.92. The third-order valence-electron chi connectivity index (χ3n) is 6.68. The van der Waals surface area contributed by atoms with E-state index < -0.39 is 12.1 Å². The Bertz CT molecular complexity index is 990. The molecule has 0 saturated carbocycles. The summed E-state index contributed by atoms with van der Waals surface area (Å²) in [6.45, 7) is 6.39. The summed E-state index contributed by atoms with van der Waals surface area (Å²) in [7, 11) is 0. The molecule has 3 N–H and O–H groups in total. The van der Waals surface area contributed by atoms with E-state index in [1.165, 1.54) is 11.1 Å². The van der Waals surface area contributed by atoms with Gasteiger partial charge in [0.15, 0.2) is 0 Å². The van der Waals surface area contributed by atoms with Gasteiger partial charge in [0.1, 0.15) is 6.61 Å². The average Bonchev–Trinajstić information content (AvgIpc) is 3.14. The summed E-state index contributed by atoms with van der Waals surface area (Å²) in [4.78, 5) is 36.2. The SMILES string of the molecule is CCC[C@H](CC(=O)NCC(CC(=O)O)C(C)C)NC(=O)OCC1c2ccccc2-c2ccccc21. The minimum absolute atomic E-state index is 0.00827. The number of hydrogen-bond acceptors (Lipinski definition) is 4. The smallest absolute Gasteiger partial charge is 0.407 e. The van der Waals surface area contributed by atoms with Gasteiger partial charge in [0.05, 0.1) is 6.42 Å². The Balaban J connectivity index is 1.54. The van der Waals surface area contributed by atoms with Crippen LogP contribution in [0.15, 0.2) is 48.5 Å². The van der Waals surface area contributed by atoms with E-state index in [9.17, 15) is 14.4 Å². The Morgan fingerprint density at radius 3 is 2.11 bits per heavy atom. The molecule has 0 aliphatic heterocycles. The molecule has 0 fully saturated rings. The topological polar surface area (TPSA) is 105 Å². The first kappa shape index (κ1) is 26.3. The highest BCUT2D eigenvalue weighted by Crippen LogP contribution is 2.44. The lowest BCUT2D eigenvalue weighted by Crippen LogP contribution is -2.41. The van der Waals surface area contributed by atoms with E-state index >= 15 is 0 Å². The van der Waals surface area contributed by atoms with Gasteiger partial charge in [0.25, 0.3) is 0 Å². The second kappa shape index (κ2) is 12.4. The Labute approximate surface area is 207 Å². The maximum absolute atomic E-state index is 12.6. The normalized spacial score (nSPS) is 14.1. The van der Waals surface area contributed by atoms with Crippen LogP contribution >= 0.6 is 0 Å². The molecule has 1 aliphatic carbocycles. The van der Waals surface area contributed by atoms with Crippen molar-refractivity contribution in [2.75, 3.05) is 13.2 Å². The molecule has 2 amide bonds. The maximum Gasteiger partial charge on any atom is 0.407 e. The van der Waals surface area contributed by atoms with E-state index in [0.717, 1.165) is 17.5 Å². The van der Waals surface area contributed by atoms with Gasteiger partial charge in [-0.1, -0.05) is 75.7 Å². The second-order valence-electron chi connectivity index (χ2n) is 9.57. The molecule has 7 nitrogen and oxygen atoms in total. The lowest BCUT2D eigenvalue weighted by Gasteiger charge is -2.22. The van der Waals surface area contributed by atoms with Gasteiger partial charge >= 0.3 is 12.1 Å². The molecular weight excluding hydrogens is 444 g/mol. The van der Waals surface area contributed by atoms with Gasteiger partial charge in [-0.25, -0.2) is 4.79 Å². The van der Waals surface area contributed by atoms with E-state index in [-0.39, 0.29) is 49.2 Å². The minimum Gasteiger partial charge on any atom is -0.481 e. The highest BCUT2D eigenvalue weighted by atomic mass is 16.5. The molecule has 0 heterocycles. The number of carbonyl (C=O) groups is 3. The Hall–Kier alpha value is -3.35. The van der Waals surface area contributed by atoms with Crippen molar-refractivity contribution in [2.24, 2.45) is 11.8 Å². The van der Waals surface area contributed by atoms with E-state index in [1.54, 1.807) is 0 Å². The predicted octanol–water partition coefficient (Wildman–Crippen LogP) is 4.95. The molecule has 2 aromatic rings. The van der Waals surface area contributed by atoms with Crippen LogP contribution in [0.2, 0.25) is 0 Å². The number of aliphatic carboxylic acids is 1. The van der Waals surface area contributed by atoms with Crippen molar-refractivity contribution in [1.82, 2.24) is 10.6 Å². The molecule has 35 heavy (non-hydrogen) atoms. The third-order valence-corrected chi connectivity index (χ3v) is 6.68. The monoisotopic (exact) mass is 480 g/mol. The highest BCUT2D eigenvalue weighted by molar-refractivity contribution is 5.79. The van der Waals surface area contributed by atoms with Gasteiger partial charge in [-0.2, -0.15) is 0 Å². The Morgan fingerprint density at radius 1 is 0.971 bits per heavy atom. The van der Waals surface area contributed by atoms with Crippen LogP contribution in [0.4, 0.5) is 4.79 Å². The number of carbonyl (C=O) groups excluding carboxylic acids is 2. The van der Waals surface area contributed by atoms with Crippen LogP contribution < -0.4 is 10.6 Å². The second-order valence-corrected chi connectivity index (χ2v) is 9.57. The molecule has 0 radical (unpaired) electrons. The molecule has 0 saturated heterocycles. The van der Waals surface area contributed by atoms with Crippen molar-refractivity contribution in [3.8, 4) is 11.1 Å². The predicted molar refractivity (Wildman–Crippen MR) is 135 cm³/mol. The number of ether oxygens (including phenoxy) is 1. The molecule has 7 heteroatoms. The zero-order chi connectivity index (χ0) is 25.4. The average molecular weight is 481 g/mol. The van der Waals surface area contributed by atoms with Crippen LogP contribution in [0.1, 0.15) is 63.5 Å². The quantitative estimate of drug-likeness (QED) is 0.399. The van der Waals surface area contributed by atoms with E-state index in [2.05, 4.69) is 34.9 Å². The van der Waals surface area contributed by atoms with Crippen molar-refractivity contribution in [1.29, 1.82) is 0 Å². The lowest BCUT2D eigenvalue weighted by molar-refractivity contribution is -0.138. The van der Waals surface area contributed by atoms with Gasteiger partial charge in [0, 0.05) is 24.9 Å². The van der Waals surface area contributed by atoms with E-state index in [0.29, 0.717) is 13.0 Å². The van der Waals surface area contributed by atoms with Crippen LogP contribution in [0.5, 0.6) is 0 Å². The maximum atomic E-state index is 12.6. The first-order chi connectivity index (χ1) is 16.8. The Kier molecular flexibility index (Phi) is 9.29. The highest BCUT2D eigenvalue weighted by Gasteiger charge is 2.29. The molecule has 1 unspecified atom stereocenters. The molecular formula is C28H36N2O5. The van der Waals surface area contributed by atoms with Crippen molar-refractivity contribution < 1.29 is 24.2 Å². The molecule has 3 rings (SSSR count). The van der Waals surface area contributed by atoms with Gasteiger partial charge in [-0.3, -0.25) is 9.59 Å². The van der Waals surface area contributed by atoms with Gasteiger partial charge in [-0.15, -0.1) is 0 Å². The van der Waals surface area contributed by atoms with E-state index in [4.69, 9.17) is 9.84 Å². The minimum atomic E-state index is -0.876. The number of nitrogens with one attached hydrogen (secondary N) is 2. The van der Waals surface area contributed by atoms with Crippen molar-refractivity contribution in [2.45, 2.75) is 58.4 Å². The van der Waals surface area contributed by atoms with Crippen LogP contribution in [-0.2, 0) is 14.3 Å². The van der Waals surface area contributed by atoms with Crippen LogP contribution in [0.25, 0.3) is 11.1 Å². The van der Waals surface area contributed by atoms with Crippen LogP contribution in [-0.4, -0.2) is 42.3 Å². The van der Waals surface area contributed by atoms with Crippen LogP contribution in [0.3, 0.4) is 0 Å². The summed E-state index contributed by atoms with van der Waals surface area (Å²) < 4.78 is 5.62. The number of alkyl carbamates (subject to hydrolysis) is 1. The number of carboxylic acids is 1. The number of hydrogen-bond donors (Lipinski definition) is 3. The summed E-state index contributed by atoms with van der Waals surface area (Å²) in [6.07, 6.45) is 1.03. The number of benzene rings is 2. The summed E-state index contributed by atoms with van der Waals surface area (Å²) in [5.74, 6) is -1.12. The van der Waals surface area contributed by atoms with Crippen molar-refractivity contribution in [3.63, 3.8) is 0 Å². The number of amides is 2. The summed E-state index contributed by atoms with van der Waals surface area (Å²) in [5, 5.41) is 14.8. The number of fused-ring (bicyclic) bond motifs is 3. The molecule has 0 spiro atoms. The van der Waals surface area contributed by atoms with Gasteiger partial charge in [-0.05, 0) is 40.5 Å². The summed E-state index contributed by atoms with van der Waals surface area (Å²) in [5.41, 5.74) is 4.62. The van der Waals surface area contributed by atoms with Gasteiger partial charge in [0.2, 0.25) is 5.91 Å². The fraction of sp³-hybridized carbons (Fsp3) is 0.464. The molecule has 0 aromatic heterocycles. The van der Waals surface area contributed by atoms with Crippen molar-refractivity contribution in [3.05, 3.63) is 59.7 Å². The van der Waals surface area contributed by atoms with Crippen LogP contribution in [0, 0.1) is 11.8 Å². The first-order valence-corrected chi connectivity index (χ1v) is 12.4. The largest absolute Gasteiger partial charge is 0.481 e. The fourth-order valence-corrected chi connectivity index (χ4v) is 4.69. The number of carboxylic acid groups (broad SMARTS) is 1. The Morgan fingerprint density at radius 2 is 1.57 bits per heavy atom. The molecule has 2 atom stereocenters. The molecule has 2 aromatic carbocycles. The first-order valence-electron chi connectivity index (χ1n) is 12.4. The molecule has 0 bridgehead atoms. The van der Waals surface area contributed by atoms with Gasteiger partial charge < -0.3 is 20.5 Å². The zero-order valence-corrected chi connectivity index (χ0v) is 20.8. The van der Waals surface area contributed by atoms with E-state index in [1.807, 2.05) is 45.0 Å². The zero-order valence-electron chi connectivity index (χ0n) is 20.8. The van der Waals surface area contributed by atoms with Crippen molar-refractivity contribution >= 4 is 18.0 Å². The molecule has 1 aliphatic rings. The standard InChI is InChI=1S/C28H36N2O5/c1-4-9-20(15-26(31)29-16-19(18(2)3)14-27(32)33)30-28(34)35-17-25-23-12-7-5-10-21(23)22-11-6-8-13-24(22)25/h5-8,10-13,18-20,25H,4,9,14-17H2,1-3H3,(H,29,31)(H,30,34)(H,32,33)/t19?,20-/m1/s1. The summed E-state index contributed by atoms with van der Waals surface area (Å²) in [6, 6.07) is 16.0.